The van der Waals surface area contributed by atoms with Gasteiger partial charge in [-0.25, -0.2) is 0 Å². The smallest absolute Gasteiger partial charge is 0.110 e. The van der Waals surface area contributed by atoms with Gasteiger partial charge in [0.25, 0.3) is 0 Å². The molecule has 124 valence electrons. The van der Waals surface area contributed by atoms with Crippen LogP contribution in [0.15, 0.2) is 24.4 Å². The van der Waals surface area contributed by atoms with E-state index in [9.17, 15) is 5.11 Å². The molecule has 2 aromatic rings. The summed E-state index contributed by atoms with van der Waals surface area (Å²) in [5.41, 5.74) is 3.60. The van der Waals surface area contributed by atoms with Crippen LogP contribution in [0.3, 0.4) is 0 Å². The molecule has 2 N–H and O–H groups in total. The highest BCUT2D eigenvalue weighted by Crippen LogP contribution is 2.49. The number of aromatic nitrogens is 1. The van der Waals surface area contributed by atoms with Gasteiger partial charge in [0.15, 0.2) is 0 Å². The zero-order chi connectivity index (χ0) is 16.0. The first-order valence-corrected chi connectivity index (χ1v) is 8.74. The average molecular weight is 314 g/mol. The van der Waals surface area contributed by atoms with Crippen LogP contribution in [0.2, 0.25) is 0 Å². The first-order chi connectivity index (χ1) is 11.2. The lowest BCUT2D eigenvalue weighted by Gasteiger charge is -2.53. The number of aromatic amines is 1. The van der Waals surface area contributed by atoms with Crippen LogP contribution in [-0.4, -0.2) is 47.8 Å². The van der Waals surface area contributed by atoms with Crippen LogP contribution < -0.4 is 0 Å². The maximum absolute atomic E-state index is 9.80. The number of likely N-dealkylation sites (tertiary alicyclic amines) is 1. The first-order valence-electron chi connectivity index (χ1n) is 8.74. The van der Waals surface area contributed by atoms with Crippen LogP contribution in [0.4, 0.5) is 0 Å². The van der Waals surface area contributed by atoms with Crippen LogP contribution in [0.25, 0.3) is 10.9 Å². The first kappa shape index (κ1) is 15.2. The van der Waals surface area contributed by atoms with E-state index in [1.807, 2.05) is 0 Å². The Labute approximate surface area is 137 Å². The Kier molecular flexibility index (Phi) is 3.71. The van der Waals surface area contributed by atoms with E-state index in [2.05, 4.69) is 48.3 Å². The number of aliphatic hydroxyl groups excluding tert-OH is 1. The molecule has 0 bridgehead atoms. The van der Waals surface area contributed by atoms with Crippen molar-refractivity contribution in [1.29, 1.82) is 0 Å². The van der Waals surface area contributed by atoms with Gasteiger partial charge in [0.2, 0.25) is 0 Å². The van der Waals surface area contributed by atoms with Crippen LogP contribution in [0, 0.1) is 5.92 Å². The zero-order valence-corrected chi connectivity index (χ0v) is 14.0. The zero-order valence-electron chi connectivity index (χ0n) is 14.0. The largest absolute Gasteiger partial charge is 0.396 e. The number of H-pyrrole nitrogens is 1. The number of fused-ring (bicyclic) bond motifs is 2. The highest BCUT2D eigenvalue weighted by Gasteiger charge is 2.51. The van der Waals surface area contributed by atoms with Gasteiger partial charge in [-0.05, 0) is 49.4 Å². The van der Waals surface area contributed by atoms with Crippen molar-refractivity contribution >= 4 is 10.9 Å². The normalized spacial score (nSPS) is 30.6. The maximum atomic E-state index is 9.80. The van der Waals surface area contributed by atoms with Gasteiger partial charge in [0, 0.05) is 42.9 Å². The molecule has 4 nitrogen and oxygen atoms in total. The van der Waals surface area contributed by atoms with E-state index in [4.69, 9.17) is 4.74 Å². The van der Waals surface area contributed by atoms with E-state index in [0.717, 1.165) is 32.4 Å². The standard InChI is InChI=1S/C19H26N2O2/c1-3-7-23-19-9-13(12-22)11-21(2)17(19)8-14-10-20-16-6-4-5-15(19)18(14)16/h4-6,10,13,17,20,22H,3,7-9,11-12H2,1-2H3/t13-,17-,19+/m1/s1. The van der Waals surface area contributed by atoms with Crippen molar-refractivity contribution in [2.24, 2.45) is 5.92 Å². The van der Waals surface area contributed by atoms with E-state index >= 15 is 0 Å². The third-order valence-electron chi connectivity index (χ3n) is 5.69. The molecular weight excluding hydrogens is 288 g/mol. The molecule has 0 saturated carbocycles. The Hall–Kier alpha value is -1.36. The van der Waals surface area contributed by atoms with Gasteiger partial charge in [-0.15, -0.1) is 0 Å². The molecule has 0 unspecified atom stereocenters. The molecule has 3 atom stereocenters. The van der Waals surface area contributed by atoms with E-state index in [1.54, 1.807) is 0 Å². The minimum atomic E-state index is -0.300. The van der Waals surface area contributed by atoms with Crippen LogP contribution in [0.1, 0.15) is 30.9 Å². The summed E-state index contributed by atoms with van der Waals surface area (Å²) in [6.07, 6.45) is 5.08. The van der Waals surface area contributed by atoms with Gasteiger partial charge in [0.05, 0.1) is 0 Å². The molecule has 2 heterocycles. The molecule has 1 aliphatic carbocycles. The fraction of sp³-hybridized carbons (Fsp3) is 0.579. The number of benzene rings is 1. The lowest BCUT2D eigenvalue weighted by Crippen LogP contribution is -2.60. The molecule has 1 saturated heterocycles. The number of aliphatic hydroxyl groups is 1. The average Bonchev–Trinajstić information content (AvgIpc) is 2.99. The molecule has 23 heavy (non-hydrogen) atoms. The second kappa shape index (κ2) is 5.62. The van der Waals surface area contributed by atoms with Gasteiger partial charge >= 0.3 is 0 Å². The number of rotatable bonds is 4. The number of ether oxygens (including phenoxy) is 1. The van der Waals surface area contributed by atoms with Crippen molar-refractivity contribution in [3.05, 3.63) is 35.5 Å². The van der Waals surface area contributed by atoms with Crippen molar-refractivity contribution in [3.8, 4) is 0 Å². The minimum Gasteiger partial charge on any atom is -0.396 e. The molecule has 1 aromatic carbocycles. The van der Waals surface area contributed by atoms with Crippen molar-refractivity contribution in [2.75, 3.05) is 26.8 Å². The number of hydrogen-bond donors (Lipinski definition) is 2. The summed E-state index contributed by atoms with van der Waals surface area (Å²) in [4.78, 5) is 5.82. The van der Waals surface area contributed by atoms with Crippen LogP contribution in [0.5, 0.6) is 0 Å². The molecule has 0 radical (unpaired) electrons. The summed E-state index contributed by atoms with van der Waals surface area (Å²) in [5, 5.41) is 11.1. The van der Waals surface area contributed by atoms with Gasteiger partial charge in [-0.2, -0.15) is 0 Å². The molecule has 4 heteroatoms. The molecule has 1 aliphatic heterocycles. The van der Waals surface area contributed by atoms with E-state index in [1.165, 1.54) is 22.0 Å². The summed E-state index contributed by atoms with van der Waals surface area (Å²) < 4.78 is 6.58. The highest BCUT2D eigenvalue weighted by atomic mass is 16.5. The topological polar surface area (TPSA) is 48.5 Å². The summed E-state index contributed by atoms with van der Waals surface area (Å²) in [7, 11) is 2.17. The van der Waals surface area contributed by atoms with E-state index in [0.29, 0.717) is 6.04 Å². The summed E-state index contributed by atoms with van der Waals surface area (Å²) in [5.74, 6) is 0.267. The Bertz CT molecular complexity index is 710. The Morgan fingerprint density at radius 1 is 1.43 bits per heavy atom. The SMILES string of the molecule is CCCO[C@]12C[C@@H](CO)CN(C)[C@@H]1Cc1c[nH]c3cccc2c13. The number of nitrogens with zero attached hydrogens (tertiary/aromatic N) is 1. The summed E-state index contributed by atoms with van der Waals surface area (Å²) in [6, 6.07) is 6.84. The number of hydrogen-bond acceptors (Lipinski definition) is 3. The molecule has 1 fully saturated rings. The van der Waals surface area contributed by atoms with Crippen LogP contribution >= 0.6 is 0 Å². The third kappa shape index (κ3) is 2.16. The predicted molar refractivity (Wildman–Crippen MR) is 91.5 cm³/mol. The van der Waals surface area contributed by atoms with Crippen molar-refractivity contribution in [1.82, 2.24) is 9.88 Å². The minimum absolute atomic E-state index is 0.226. The maximum Gasteiger partial charge on any atom is 0.110 e. The number of likely N-dealkylation sites (N-methyl/N-ethyl adjacent to an activating group) is 1. The second-order valence-corrected chi connectivity index (χ2v) is 7.19. The van der Waals surface area contributed by atoms with E-state index in [-0.39, 0.29) is 18.1 Å². The molecular formula is C19H26N2O2. The highest BCUT2D eigenvalue weighted by molar-refractivity contribution is 5.88. The fourth-order valence-corrected chi connectivity index (χ4v) is 4.75. The Morgan fingerprint density at radius 3 is 3.09 bits per heavy atom. The molecule has 2 aliphatic rings. The van der Waals surface area contributed by atoms with Crippen molar-refractivity contribution in [2.45, 2.75) is 37.8 Å². The van der Waals surface area contributed by atoms with Gasteiger partial charge in [-0.3, -0.25) is 4.90 Å². The molecule has 1 aromatic heterocycles. The quantitative estimate of drug-likeness (QED) is 0.912. The Morgan fingerprint density at radius 2 is 2.30 bits per heavy atom. The predicted octanol–water partition coefficient (Wildman–Crippen LogP) is 2.66. The lowest BCUT2D eigenvalue weighted by molar-refractivity contribution is -0.149. The molecule has 4 rings (SSSR count). The monoisotopic (exact) mass is 314 g/mol. The number of piperidine rings is 1. The lowest BCUT2D eigenvalue weighted by atomic mass is 9.68. The third-order valence-corrected chi connectivity index (χ3v) is 5.69. The molecule has 0 spiro atoms. The fourth-order valence-electron chi connectivity index (χ4n) is 4.75. The Balaban J connectivity index is 1.91. The van der Waals surface area contributed by atoms with Crippen molar-refractivity contribution in [3.63, 3.8) is 0 Å². The van der Waals surface area contributed by atoms with Crippen LogP contribution in [-0.2, 0) is 16.8 Å². The number of nitrogens with one attached hydrogen (secondary N) is 1. The van der Waals surface area contributed by atoms with Gasteiger partial charge in [0.1, 0.15) is 5.60 Å². The summed E-state index contributed by atoms with van der Waals surface area (Å²) >= 11 is 0. The van der Waals surface area contributed by atoms with E-state index < -0.39 is 0 Å². The van der Waals surface area contributed by atoms with Gasteiger partial charge < -0.3 is 14.8 Å². The molecule has 0 amide bonds. The van der Waals surface area contributed by atoms with Gasteiger partial charge in [-0.1, -0.05) is 19.1 Å². The summed E-state index contributed by atoms with van der Waals surface area (Å²) in [6.45, 7) is 4.09. The second-order valence-electron chi connectivity index (χ2n) is 7.19. The van der Waals surface area contributed by atoms with Crippen molar-refractivity contribution < 1.29 is 9.84 Å².